The largest absolute Gasteiger partial charge is 0.756 e. The van der Waals surface area contributed by atoms with E-state index in [0.29, 0.717) is 17.4 Å². The van der Waals surface area contributed by atoms with E-state index in [1.165, 1.54) is 161 Å². The minimum Gasteiger partial charge on any atom is -0.756 e. The zero-order valence-corrected chi connectivity index (χ0v) is 42.2. The van der Waals surface area contributed by atoms with Crippen molar-refractivity contribution in [1.82, 2.24) is 5.32 Å². The van der Waals surface area contributed by atoms with Gasteiger partial charge in [0.2, 0.25) is 5.91 Å². The summed E-state index contributed by atoms with van der Waals surface area (Å²) in [4.78, 5) is 25.4. The van der Waals surface area contributed by atoms with Crippen LogP contribution in [0.4, 0.5) is 0 Å². The summed E-state index contributed by atoms with van der Waals surface area (Å²) in [7, 11) is 1.26. The number of hydrogen-bond donors (Lipinski definition) is 2. The number of unbranched alkanes of at least 4 members (excludes halogenated alkanes) is 28. The molecule has 0 fully saturated rings. The maximum Gasteiger partial charge on any atom is 0.268 e. The van der Waals surface area contributed by atoms with Gasteiger partial charge in [0.15, 0.2) is 0 Å². The lowest BCUT2D eigenvalue weighted by atomic mass is 10.0. The number of phosphoric ester groups is 1. The summed E-state index contributed by atoms with van der Waals surface area (Å²) in [6.07, 6.45) is 57.3. The second kappa shape index (κ2) is 44.7. The van der Waals surface area contributed by atoms with E-state index in [0.717, 1.165) is 51.4 Å². The topological polar surface area (TPSA) is 108 Å². The highest BCUT2D eigenvalue weighted by atomic mass is 31.2. The lowest BCUT2D eigenvalue weighted by molar-refractivity contribution is -0.870. The number of aliphatic hydroxyl groups excluding tert-OH is 1. The lowest BCUT2D eigenvalue weighted by Gasteiger charge is -2.29. The standard InChI is InChI=1S/C53H101N2O6P/c1-6-8-10-12-14-16-18-20-22-23-24-25-26-27-28-29-30-31-33-35-37-39-41-43-45-47-53(57)54-51(50-61-62(58,59)60-49-48-55(3,4)5)52(56)46-44-42-40-38-36-34-32-21-19-17-15-13-11-9-7-2/h18,20,23-24,26-27,44,46,51-52,56H,6-17,19,21-22,25,28-43,45,47-50H2,1-5H3,(H-,54,57,58,59)/b20-18-,24-23-,27-26-,46-44+. The predicted molar refractivity (Wildman–Crippen MR) is 265 cm³/mol. The molecule has 0 aliphatic rings. The van der Waals surface area contributed by atoms with Crippen LogP contribution in [0, 0.1) is 0 Å². The molecule has 0 aliphatic heterocycles. The summed E-state index contributed by atoms with van der Waals surface area (Å²) in [5.74, 6) is -0.202. The van der Waals surface area contributed by atoms with Crippen LogP contribution in [0.15, 0.2) is 48.6 Å². The molecule has 1 amide bonds. The molecule has 0 aromatic carbocycles. The van der Waals surface area contributed by atoms with Gasteiger partial charge in [-0.15, -0.1) is 0 Å². The van der Waals surface area contributed by atoms with Crippen molar-refractivity contribution in [3.05, 3.63) is 48.6 Å². The van der Waals surface area contributed by atoms with Crippen molar-refractivity contribution in [3.8, 4) is 0 Å². The molecule has 0 rings (SSSR count). The number of amides is 1. The van der Waals surface area contributed by atoms with E-state index >= 15 is 0 Å². The highest BCUT2D eigenvalue weighted by Gasteiger charge is 2.23. The molecule has 3 unspecified atom stereocenters. The van der Waals surface area contributed by atoms with Crippen LogP contribution in [0.5, 0.6) is 0 Å². The molecule has 0 saturated heterocycles. The molecule has 3 atom stereocenters. The molecule has 0 aliphatic carbocycles. The Bertz CT molecular complexity index is 1150. The number of nitrogens with one attached hydrogen (secondary N) is 1. The van der Waals surface area contributed by atoms with E-state index in [-0.39, 0.29) is 19.1 Å². The number of carbonyl (C=O) groups excluding carboxylic acids is 1. The van der Waals surface area contributed by atoms with Gasteiger partial charge in [-0.2, -0.15) is 0 Å². The van der Waals surface area contributed by atoms with Crippen LogP contribution in [0.25, 0.3) is 0 Å². The van der Waals surface area contributed by atoms with Gasteiger partial charge in [0.1, 0.15) is 13.2 Å². The molecular formula is C53H101N2O6P. The SMILES string of the molecule is CCCCCCC/C=C\C/C=C\C/C=C\CCCCCCCCCCCCC(=O)NC(COP(=O)([O-])OCC[N+](C)(C)C)C(O)/C=C/CCCCCCCCCCCCCCC. The van der Waals surface area contributed by atoms with Crippen molar-refractivity contribution in [1.29, 1.82) is 0 Å². The first-order valence-corrected chi connectivity index (χ1v) is 27.5. The minimum absolute atomic E-state index is 0.00270. The van der Waals surface area contributed by atoms with Gasteiger partial charge >= 0.3 is 0 Å². The Labute approximate surface area is 384 Å². The Balaban J connectivity index is 4.26. The number of nitrogens with zero attached hydrogens (tertiary/aromatic N) is 1. The fourth-order valence-electron chi connectivity index (χ4n) is 7.40. The van der Waals surface area contributed by atoms with E-state index in [9.17, 15) is 19.4 Å². The van der Waals surface area contributed by atoms with Crippen molar-refractivity contribution < 1.29 is 32.9 Å². The molecular weight excluding hydrogens is 792 g/mol. The number of rotatable bonds is 47. The van der Waals surface area contributed by atoms with E-state index in [2.05, 4.69) is 55.6 Å². The van der Waals surface area contributed by atoms with Crippen LogP contribution < -0.4 is 10.2 Å². The Morgan fingerprint density at radius 2 is 0.935 bits per heavy atom. The summed E-state index contributed by atoms with van der Waals surface area (Å²) < 4.78 is 23.3. The first kappa shape index (κ1) is 60.5. The number of likely N-dealkylation sites (N-methyl/N-ethyl adjacent to an activating group) is 1. The molecule has 0 saturated carbocycles. The summed E-state index contributed by atoms with van der Waals surface area (Å²) in [5.41, 5.74) is 0. The van der Waals surface area contributed by atoms with Crippen LogP contribution in [0.1, 0.15) is 232 Å². The summed E-state index contributed by atoms with van der Waals surface area (Å²) >= 11 is 0. The van der Waals surface area contributed by atoms with E-state index in [4.69, 9.17) is 9.05 Å². The Morgan fingerprint density at radius 3 is 1.35 bits per heavy atom. The van der Waals surface area contributed by atoms with Crippen molar-refractivity contribution in [2.75, 3.05) is 40.9 Å². The number of quaternary nitrogens is 1. The average molecular weight is 893 g/mol. The zero-order valence-electron chi connectivity index (χ0n) is 41.3. The molecule has 9 heteroatoms. The van der Waals surface area contributed by atoms with Gasteiger partial charge in [0.25, 0.3) is 7.82 Å². The van der Waals surface area contributed by atoms with Crippen LogP contribution in [0.3, 0.4) is 0 Å². The highest BCUT2D eigenvalue weighted by Crippen LogP contribution is 2.38. The molecule has 62 heavy (non-hydrogen) atoms. The van der Waals surface area contributed by atoms with Gasteiger partial charge in [-0.25, -0.2) is 0 Å². The lowest BCUT2D eigenvalue weighted by Crippen LogP contribution is -2.45. The molecule has 0 aromatic heterocycles. The van der Waals surface area contributed by atoms with Gasteiger partial charge in [0, 0.05) is 6.42 Å². The fraction of sp³-hybridized carbons (Fsp3) is 0.830. The molecule has 364 valence electrons. The normalized spacial score (nSPS) is 14.5. The molecule has 2 N–H and O–H groups in total. The van der Waals surface area contributed by atoms with E-state index in [1.807, 2.05) is 27.2 Å². The fourth-order valence-corrected chi connectivity index (χ4v) is 8.12. The Hall–Kier alpha value is -1.54. The molecule has 0 radical (unpaired) electrons. The predicted octanol–water partition coefficient (Wildman–Crippen LogP) is 14.6. The van der Waals surface area contributed by atoms with Crippen LogP contribution in [-0.2, 0) is 18.4 Å². The van der Waals surface area contributed by atoms with Crippen molar-refractivity contribution in [3.63, 3.8) is 0 Å². The Kier molecular flexibility index (Phi) is 43.5. The number of aliphatic hydroxyl groups is 1. The van der Waals surface area contributed by atoms with Gasteiger partial charge < -0.3 is 28.8 Å². The Morgan fingerprint density at radius 1 is 0.565 bits per heavy atom. The van der Waals surface area contributed by atoms with Crippen LogP contribution >= 0.6 is 7.82 Å². The molecule has 0 spiro atoms. The van der Waals surface area contributed by atoms with Crippen molar-refractivity contribution >= 4 is 13.7 Å². The summed E-state index contributed by atoms with van der Waals surface area (Å²) in [6, 6.07) is -0.889. The molecule has 0 heterocycles. The highest BCUT2D eigenvalue weighted by molar-refractivity contribution is 7.45. The number of hydrogen-bond acceptors (Lipinski definition) is 6. The smallest absolute Gasteiger partial charge is 0.268 e. The van der Waals surface area contributed by atoms with Crippen molar-refractivity contribution in [2.45, 2.75) is 244 Å². The third-order valence-electron chi connectivity index (χ3n) is 11.5. The van der Waals surface area contributed by atoms with Crippen LogP contribution in [0.2, 0.25) is 0 Å². The third-order valence-corrected chi connectivity index (χ3v) is 12.5. The molecule has 0 aromatic rings. The molecule has 0 bridgehead atoms. The summed E-state index contributed by atoms with van der Waals surface area (Å²) in [6.45, 7) is 4.64. The van der Waals surface area contributed by atoms with Gasteiger partial charge in [0.05, 0.1) is 39.9 Å². The first-order valence-electron chi connectivity index (χ1n) is 26.0. The maximum absolute atomic E-state index is 12.9. The van der Waals surface area contributed by atoms with E-state index < -0.39 is 20.0 Å². The maximum atomic E-state index is 12.9. The van der Waals surface area contributed by atoms with Crippen LogP contribution in [-0.4, -0.2) is 68.5 Å². The first-order chi connectivity index (χ1) is 30.0. The van der Waals surface area contributed by atoms with Crippen molar-refractivity contribution in [2.24, 2.45) is 0 Å². The second-order valence-corrected chi connectivity index (χ2v) is 20.3. The second-order valence-electron chi connectivity index (χ2n) is 18.9. The number of allylic oxidation sites excluding steroid dienone is 7. The molecule has 8 nitrogen and oxygen atoms in total. The van der Waals surface area contributed by atoms with Gasteiger partial charge in [-0.05, 0) is 57.8 Å². The van der Waals surface area contributed by atoms with Gasteiger partial charge in [-0.1, -0.05) is 217 Å². The van der Waals surface area contributed by atoms with E-state index in [1.54, 1.807) is 6.08 Å². The zero-order chi connectivity index (χ0) is 45.7. The minimum atomic E-state index is -4.59. The number of carbonyl (C=O) groups is 1. The quantitative estimate of drug-likeness (QED) is 0.0273. The monoisotopic (exact) mass is 893 g/mol. The third kappa shape index (κ3) is 46.5. The summed E-state index contributed by atoms with van der Waals surface area (Å²) in [5, 5.41) is 13.8. The number of phosphoric acid groups is 1. The van der Waals surface area contributed by atoms with Gasteiger partial charge in [-0.3, -0.25) is 9.36 Å². The average Bonchev–Trinajstić information content (AvgIpc) is 3.23.